The second-order valence-electron chi connectivity index (χ2n) is 5.10. The highest BCUT2D eigenvalue weighted by atomic mass is 16.5. The lowest BCUT2D eigenvalue weighted by Gasteiger charge is -2.44. The fourth-order valence-electron chi connectivity index (χ4n) is 3.11. The monoisotopic (exact) mass is 226 g/mol. The summed E-state index contributed by atoms with van der Waals surface area (Å²) in [4.78, 5) is 2.65. The third-order valence-corrected chi connectivity index (χ3v) is 4.04. The lowest BCUT2D eigenvalue weighted by atomic mass is 9.97. The Balaban J connectivity index is 1.88. The van der Waals surface area contributed by atoms with Crippen LogP contribution >= 0.6 is 0 Å². The van der Waals surface area contributed by atoms with Gasteiger partial charge in [0.2, 0.25) is 0 Å². The molecule has 2 aliphatic heterocycles. The first kappa shape index (κ1) is 12.3. The Morgan fingerprint density at radius 3 is 3.06 bits per heavy atom. The van der Waals surface area contributed by atoms with E-state index in [9.17, 15) is 0 Å². The molecule has 16 heavy (non-hydrogen) atoms. The molecule has 0 aromatic rings. The zero-order valence-electron chi connectivity index (χ0n) is 10.7. The van der Waals surface area contributed by atoms with Gasteiger partial charge in [0, 0.05) is 31.7 Å². The predicted octanol–water partition coefficient (Wildman–Crippen LogP) is 1.63. The van der Waals surface area contributed by atoms with E-state index in [0.717, 1.165) is 25.7 Å². The fourth-order valence-corrected chi connectivity index (χ4v) is 3.11. The Morgan fingerprint density at radius 1 is 1.44 bits per heavy atom. The lowest BCUT2D eigenvalue weighted by molar-refractivity contribution is -0.0574. The molecule has 0 bridgehead atoms. The summed E-state index contributed by atoms with van der Waals surface area (Å²) in [6.07, 6.45) is 5.60. The molecule has 0 aromatic carbocycles. The highest BCUT2D eigenvalue weighted by molar-refractivity contribution is 4.90. The standard InChI is InChI=1S/C13H26N2O/c1-3-5-11(4-2)15-8-6-12-13(10-15)16-9-7-14-12/h11-14H,3-10H2,1-2H3/t11?,12-,13-/m1/s1. The number of hydrogen-bond acceptors (Lipinski definition) is 3. The maximum Gasteiger partial charge on any atom is 0.0855 e. The molecule has 3 nitrogen and oxygen atoms in total. The van der Waals surface area contributed by atoms with E-state index in [0.29, 0.717) is 12.1 Å². The molecule has 0 amide bonds. The second kappa shape index (κ2) is 5.99. The molecule has 0 aliphatic carbocycles. The van der Waals surface area contributed by atoms with E-state index >= 15 is 0 Å². The first-order valence-corrected chi connectivity index (χ1v) is 6.94. The average Bonchev–Trinajstić information content (AvgIpc) is 2.35. The Hall–Kier alpha value is -0.120. The summed E-state index contributed by atoms with van der Waals surface area (Å²) < 4.78 is 5.88. The number of ether oxygens (including phenoxy) is 1. The maximum absolute atomic E-state index is 5.88. The van der Waals surface area contributed by atoms with Crippen molar-refractivity contribution in [3.8, 4) is 0 Å². The van der Waals surface area contributed by atoms with Gasteiger partial charge in [-0.25, -0.2) is 0 Å². The maximum atomic E-state index is 5.88. The van der Waals surface area contributed by atoms with E-state index in [2.05, 4.69) is 24.1 Å². The van der Waals surface area contributed by atoms with E-state index in [-0.39, 0.29) is 0 Å². The molecule has 2 aliphatic rings. The molecule has 0 aromatic heterocycles. The van der Waals surface area contributed by atoms with Gasteiger partial charge in [0.25, 0.3) is 0 Å². The van der Waals surface area contributed by atoms with E-state index in [1.54, 1.807) is 0 Å². The van der Waals surface area contributed by atoms with E-state index in [1.165, 1.54) is 32.2 Å². The SMILES string of the molecule is CCCC(CC)N1CC[C@H]2NCCO[C@@H]2C1. The van der Waals surface area contributed by atoms with Gasteiger partial charge in [-0.1, -0.05) is 20.3 Å². The van der Waals surface area contributed by atoms with Crippen LogP contribution in [-0.4, -0.2) is 49.3 Å². The zero-order valence-corrected chi connectivity index (χ0v) is 10.7. The van der Waals surface area contributed by atoms with Gasteiger partial charge < -0.3 is 10.1 Å². The minimum Gasteiger partial charge on any atom is -0.374 e. The number of nitrogens with one attached hydrogen (secondary N) is 1. The molecule has 3 heteroatoms. The molecule has 94 valence electrons. The van der Waals surface area contributed by atoms with Crippen molar-refractivity contribution >= 4 is 0 Å². The first-order valence-electron chi connectivity index (χ1n) is 6.94. The highest BCUT2D eigenvalue weighted by Gasteiger charge is 2.33. The van der Waals surface area contributed by atoms with Gasteiger partial charge in [-0.15, -0.1) is 0 Å². The molecule has 1 N–H and O–H groups in total. The Morgan fingerprint density at radius 2 is 2.31 bits per heavy atom. The molecule has 2 fully saturated rings. The lowest BCUT2D eigenvalue weighted by Crippen LogP contribution is -2.59. The quantitative estimate of drug-likeness (QED) is 0.788. The van der Waals surface area contributed by atoms with Crippen molar-refractivity contribution in [2.45, 2.75) is 57.7 Å². The molecule has 2 heterocycles. The summed E-state index contributed by atoms with van der Waals surface area (Å²) in [6, 6.07) is 1.39. The van der Waals surface area contributed by atoms with Crippen molar-refractivity contribution < 1.29 is 4.74 Å². The summed E-state index contributed by atoms with van der Waals surface area (Å²) in [7, 11) is 0. The van der Waals surface area contributed by atoms with Crippen LogP contribution in [0, 0.1) is 0 Å². The molecule has 0 saturated carbocycles. The Bertz CT molecular complexity index is 210. The van der Waals surface area contributed by atoms with Gasteiger partial charge in [-0.3, -0.25) is 4.90 Å². The molecule has 2 rings (SSSR count). The van der Waals surface area contributed by atoms with Gasteiger partial charge in [0.15, 0.2) is 0 Å². The van der Waals surface area contributed by atoms with Crippen molar-refractivity contribution in [3.63, 3.8) is 0 Å². The van der Waals surface area contributed by atoms with Crippen LogP contribution in [0.4, 0.5) is 0 Å². The molecular formula is C13H26N2O. The van der Waals surface area contributed by atoms with Crippen LogP contribution in [0.1, 0.15) is 39.5 Å². The topological polar surface area (TPSA) is 24.5 Å². The normalized spacial score (nSPS) is 33.4. The molecular weight excluding hydrogens is 200 g/mol. The molecule has 3 atom stereocenters. The molecule has 2 saturated heterocycles. The highest BCUT2D eigenvalue weighted by Crippen LogP contribution is 2.21. The van der Waals surface area contributed by atoms with Crippen LogP contribution in [0.2, 0.25) is 0 Å². The average molecular weight is 226 g/mol. The summed E-state index contributed by atoms with van der Waals surface area (Å²) in [6.45, 7) is 8.90. The second-order valence-corrected chi connectivity index (χ2v) is 5.10. The van der Waals surface area contributed by atoms with Crippen molar-refractivity contribution in [2.24, 2.45) is 0 Å². The van der Waals surface area contributed by atoms with Gasteiger partial charge in [-0.05, 0) is 19.3 Å². The van der Waals surface area contributed by atoms with Gasteiger partial charge in [0.1, 0.15) is 0 Å². The van der Waals surface area contributed by atoms with Crippen molar-refractivity contribution in [3.05, 3.63) is 0 Å². The van der Waals surface area contributed by atoms with Crippen molar-refractivity contribution in [2.75, 3.05) is 26.2 Å². The number of nitrogens with zero attached hydrogens (tertiary/aromatic N) is 1. The van der Waals surface area contributed by atoms with Crippen LogP contribution in [0.3, 0.4) is 0 Å². The number of morpholine rings is 1. The van der Waals surface area contributed by atoms with Crippen molar-refractivity contribution in [1.82, 2.24) is 10.2 Å². The van der Waals surface area contributed by atoms with Crippen LogP contribution in [0.15, 0.2) is 0 Å². The largest absolute Gasteiger partial charge is 0.374 e. The van der Waals surface area contributed by atoms with E-state index in [4.69, 9.17) is 4.74 Å². The van der Waals surface area contributed by atoms with Crippen LogP contribution in [0.5, 0.6) is 0 Å². The predicted molar refractivity (Wildman–Crippen MR) is 66.7 cm³/mol. The smallest absolute Gasteiger partial charge is 0.0855 e. The number of likely N-dealkylation sites (tertiary alicyclic amines) is 1. The van der Waals surface area contributed by atoms with Crippen molar-refractivity contribution in [1.29, 1.82) is 0 Å². The Labute approximate surface area is 99.5 Å². The zero-order chi connectivity index (χ0) is 11.4. The summed E-state index contributed by atoms with van der Waals surface area (Å²) in [5, 5.41) is 3.58. The number of piperidine rings is 1. The van der Waals surface area contributed by atoms with Crippen LogP contribution in [-0.2, 0) is 4.74 Å². The Kier molecular flexibility index (Phi) is 4.62. The first-order chi connectivity index (χ1) is 7.85. The summed E-state index contributed by atoms with van der Waals surface area (Å²) in [5.41, 5.74) is 0. The fraction of sp³-hybridized carbons (Fsp3) is 1.00. The third kappa shape index (κ3) is 2.76. The van der Waals surface area contributed by atoms with E-state index < -0.39 is 0 Å². The van der Waals surface area contributed by atoms with Crippen LogP contribution < -0.4 is 5.32 Å². The molecule has 0 radical (unpaired) electrons. The summed E-state index contributed by atoms with van der Waals surface area (Å²) in [5.74, 6) is 0. The molecule has 0 spiro atoms. The van der Waals surface area contributed by atoms with Gasteiger partial charge in [0.05, 0.1) is 12.7 Å². The minimum absolute atomic E-state index is 0.438. The van der Waals surface area contributed by atoms with Crippen LogP contribution in [0.25, 0.3) is 0 Å². The summed E-state index contributed by atoms with van der Waals surface area (Å²) >= 11 is 0. The number of fused-ring (bicyclic) bond motifs is 1. The van der Waals surface area contributed by atoms with Gasteiger partial charge >= 0.3 is 0 Å². The third-order valence-electron chi connectivity index (χ3n) is 4.04. The van der Waals surface area contributed by atoms with E-state index in [1.807, 2.05) is 0 Å². The molecule has 1 unspecified atom stereocenters. The number of hydrogen-bond donors (Lipinski definition) is 1. The minimum atomic E-state index is 0.438. The number of rotatable bonds is 4. The van der Waals surface area contributed by atoms with Gasteiger partial charge in [-0.2, -0.15) is 0 Å².